The Labute approximate surface area is 162 Å². The van der Waals surface area contributed by atoms with Gasteiger partial charge in [-0.2, -0.15) is 0 Å². The number of anilines is 1. The van der Waals surface area contributed by atoms with Gasteiger partial charge in [0, 0.05) is 6.20 Å². The lowest BCUT2D eigenvalue weighted by atomic mass is 10.2. The lowest BCUT2D eigenvalue weighted by Gasteiger charge is -2.08. The Kier molecular flexibility index (Phi) is 5.77. The first kappa shape index (κ1) is 18.9. The Morgan fingerprint density at radius 2 is 2.04 bits per heavy atom. The summed E-state index contributed by atoms with van der Waals surface area (Å²) >= 11 is 2.40. The minimum atomic E-state index is -0.823. The fourth-order valence-electron chi connectivity index (χ4n) is 2.06. The average Bonchev–Trinajstić information content (AvgIpc) is 3.26. The van der Waals surface area contributed by atoms with E-state index in [4.69, 9.17) is 4.74 Å². The number of pyridine rings is 1. The first-order valence-electron chi connectivity index (χ1n) is 8.01. The van der Waals surface area contributed by atoms with Crippen LogP contribution in [0.25, 0.3) is 10.2 Å². The zero-order valence-electron chi connectivity index (χ0n) is 14.5. The van der Waals surface area contributed by atoms with E-state index in [1.807, 2.05) is 13.8 Å². The summed E-state index contributed by atoms with van der Waals surface area (Å²) in [5.41, 5.74) is 0.808. The maximum Gasteiger partial charge on any atom is 0.414 e. The average molecular weight is 404 g/mol. The smallest absolute Gasteiger partial charge is 0.414 e. The fourth-order valence-corrected chi connectivity index (χ4v) is 3.66. The summed E-state index contributed by atoms with van der Waals surface area (Å²) < 4.78 is 5.77. The van der Waals surface area contributed by atoms with Crippen molar-refractivity contribution in [2.75, 3.05) is 11.9 Å². The Morgan fingerprint density at radius 3 is 2.78 bits per heavy atom. The second kappa shape index (κ2) is 8.23. The van der Waals surface area contributed by atoms with Crippen molar-refractivity contribution in [1.82, 2.24) is 15.3 Å². The van der Waals surface area contributed by atoms with Crippen LogP contribution >= 0.6 is 22.7 Å². The van der Waals surface area contributed by atoms with E-state index in [1.165, 1.54) is 28.7 Å². The molecule has 0 radical (unpaired) electrons. The lowest BCUT2D eigenvalue weighted by molar-refractivity contribution is 0.0907. The van der Waals surface area contributed by atoms with Crippen molar-refractivity contribution in [2.45, 2.75) is 13.8 Å². The predicted molar refractivity (Wildman–Crippen MR) is 103 cm³/mol. The van der Waals surface area contributed by atoms with E-state index in [1.54, 1.807) is 23.8 Å². The molecule has 0 fully saturated rings. The van der Waals surface area contributed by atoms with Crippen molar-refractivity contribution in [3.8, 4) is 0 Å². The van der Waals surface area contributed by atoms with E-state index in [-0.39, 0.29) is 23.1 Å². The molecule has 10 heteroatoms. The molecule has 0 bridgehead atoms. The van der Waals surface area contributed by atoms with Crippen molar-refractivity contribution >= 4 is 55.8 Å². The zero-order valence-corrected chi connectivity index (χ0v) is 16.1. The molecule has 3 amide bonds. The van der Waals surface area contributed by atoms with Crippen molar-refractivity contribution < 1.29 is 19.1 Å². The number of rotatable bonds is 5. The number of nitrogens with zero attached hydrogens (tertiary/aromatic N) is 2. The molecule has 0 unspecified atom stereocenters. The van der Waals surface area contributed by atoms with Gasteiger partial charge in [-0.05, 0) is 23.4 Å². The molecule has 27 heavy (non-hydrogen) atoms. The molecule has 0 atom stereocenters. The molecule has 3 rings (SSSR count). The largest absolute Gasteiger partial charge is 0.449 e. The van der Waals surface area contributed by atoms with Gasteiger partial charge in [0.05, 0.1) is 23.1 Å². The summed E-state index contributed by atoms with van der Waals surface area (Å²) in [5.74, 6) is -0.922. The molecule has 3 aromatic rings. The topological polar surface area (TPSA) is 110 Å². The number of thiazole rings is 1. The number of hydrogen-bond donors (Lipinski definition) is 2. The number of aromatic nitrogens is 2. The molecule has 0 saturated heterocycles. The number of carbonyl (C=O) groups is 3. The number of fused-ring (bicyclic) bond motifs is 1. The highest BCUT2D eigenvalue weighted by Gasteiger charge is 2.20. The predicted octanol–water partition coefficient (Wildman–Crippen LogP) is 3.53. The quantitative estimate of drug-likeness (QED) is 0.673. The Hall–Kier alpha value is -2.85. The molecule has 140 valence electrons. The summed E-state index contributed by atoms with van der Waals surface area (Å²) in [5, 5.41) is 7.04. The van der Waals surface area contributed by atoms with E-state index in [0.717, 1.165) is 4.70 Å². The monoisotopic (exact) mass is 404 g/mol. The number of imide groups is 1. The maximum absolute atomic E-state index is 12.5. The number of ether oxygens (including phenoxy) is 1. The molecule has 0 aliphatic rings. The van der Waals surface area contributed by atoms with Crippen LogP contribution in [-0.2, 0) is 4.74 Å². The highest BCUT2D eigenvalue weighted by atomic mass is 32.1. The van der Waals surface area contributed by atoms with Crippen LogP contribution < -0.4 is 10.6 Å². The van der Waals surface area contributed by atoms with Crippen LogP contribution in [0.4, 0.5) is 9.80 Å². The van der Waals surface area contributed by atoms with Crippen LogP contribution in [0.15, 0.2) is 29.9 Å². The zero-order chi connectivity index (χ0) is 19.4. The van der Waals surface area contributed by atoms with Crippen LogP contribution in [0.1, 0.15) is 34.0 Å². The van der Waals surface area contributed by atoms with Crippen LogP contribution in [0, 0.1) is 5.92 Å². The van der Waals surface area contributed by atoms with Crippen LogP contribution in [0.2, 0.25) is 0 Å². The minimum absolute atomic E-state index is 0.158. The highest BCUT2D eigenvalue weighted by Crippen LogP contribution is 2.26. The maximum atomic E-state index is 12.5. The molecule has 8 nitrogen and oxygen atoms in total. The van der Waals surface area contributed by atoms with Gasteiger partial charge in [-0.3, -0.25) is 19.9 Å². The summed E-state index contributed by atoms with van der Waals surface area (Å²) in [7, 11) is 0. The van der Waals surface area contributed by atoms with Gasteiger partial charge in [-0.1, -0.05) is 13.8 Å². The van der Waals surface area contributed by atoms with Gasteiger partial charge >= 0.3 is 6.09 Å². The van der Waals surface area contributed by atoms with E-state index in [0.29, 0.717) is 10.5 Å². The number of amides is 3. The van der Waals surface area contributed by atoms with Crippen LogP contribution in [-0.4, -0.2) is 34.5 Å². The van der Waals surface area contributed by atoms with Gasteiger partial charge < -0.3 is 10.1 Å². The first-order chi connectivity index (χ1) is 12.9. The molecule has 3 aromatic heterocycles. The molecule has 0 saturated carbocycles. The Morgan fingerprint density at radius 1 is 1.22 bits per heavy atom. The van der Waals surface area contributed by atoms with Gasteiger partial charge in [-0.25, -0.2) is 9.78 Å². The second-order valence-electron chi connectivity index (χ2n) is 5.93. The molecule has 0 aliphatic carbocycles. The number of alkyl carbamates (subject to hydrolysis) is 1. The van der Waals surface area contributed by atoms with E-state index < -0.39 is 17.9 Å². The number of hydrogen-bond acceptors (Lipinski definition) is 8. The standard InChI is InChI=1S/C17H16N4O4S2/c1-9(2)8-25-17(24)21-13(22)10-4-6-26-15(10)20-14(23)16-19-11-7-18-5-3-12(11)27-16/h3-7,9H,8H2,1-2H3,(H,20,23)(H,21,22,24). The SMILES string of the molecule is CC(C)COC(=O)NC(=O)c1ccsc1NC(=O)c1nc2cnccc2s1. The summed E-state index contributed by atoms with van der Waals surface area (Å²) in [6.45, 7) is 3.98. The first-order valence-corrected chi connectivity index (χ1v) is 9.71. The van der Waals surface area contributed by atoms with Gasteiger partial charge in [0.25, 0.3) is 11.8 Å². The van der Waals surface area contributed by atoms with E-state index in [9.17, 15) is 14.4 Å². The van der Waals surface area contributed by atoms with Crippen LogP contribution in [0.5, 0.6) is 0 Å². The number of thiophene rings is 1. The van der Waals surface area contributed by atoms with Gasteiger partial charge in [0.1, 0.15) is 10.5 Å². The molecule has 0 aliphatic heterocycles. The van der Waals surface area contributed by atoms with Gasteiger partial charge in [0.2, 0.25) is 0 Å². The van der Waals surface area contributed by atoms with E-state index in [2.05, 4.69) is 20.6 Å². The molecule has 0 spiro atoms. The van der Waals surface area contributed by atoms with Crippen molar-refractivity contribution in [3.05, 3.63) is 40.5 Å². The lowest BCUT2D eigenvalue weighted by Crippen LogP contribution is -2.32. The second-order valence-corrected chi connectivity index (χ2v) is 7.87. The summed E-state index contributed by atoms with van der Waals surface area (Å²) in [6, 6.07) is 3.30. The van der Waals surface area contributed by atoms with Crippen molar-refractivity contribution in [2.24, 2.45) is 5.92 Å². The highest BCUT2D eigenvalue weighted by molar-refractivity contribution is 7.20. The summed E-state index contributed by atoms with van der Waals surface area (Å²) in [6.07, 6.45) is 2.38. The van der Waals surface area contributed by atoms with Crippen molar-refractivity contribution in [1.29, 1.82) is 0 Å². The third-order valence-corrected chi connectivity index (χ3v) is 5.15. The number of nitrogens with one attached hydrogen (secondary N) is 2. The molecule has 0 aromatic carbocycles. The fraction of sp³-hybridized carbons (Fsp3) is 0.235. The minimum Gasteiger partial charge on any atom is -0.449 e. The van der Waals surface area contributed by atoms with Gasteiger partial charge in [0.15, 0.2) is 5.01 Å². The number of carbonyl (C=O) groups excluding carboxylic acids is 3. The Bertz CT molecular complexity index is 963. The van der Waals surface area contributed by atoms with Crippen molar-refractivity contribution in [3.63, 3.8) is 0 Å². The van der Waals surface area contributed by atoms with E-state index >= 15 is 0 Å². The molecule has 3 heterocycles. The molecular formula is C17H16N4O4S2. The third-order valence-electron chi connectivity index (χ3n) is 3.28. The Balaban J connectivity index is 1.68. The summed E-state index contributed by atoms with van der Waals surface area (Å²) in [4.78, 5) is 44.6. The van der Waals surface area contributed by atoms with Gasteiger partial charge in [-0.15, -0.1) is 22.7 Å². The van der Waals surface area contributed by atoms with Crippen LogP contribution in [0.3, 0.4) is 0 Å². The third kappa shape index (κ3) is 4.66. The molecule has 2 N–H and O–H groups in total. The molecular weight excluding hydrogens is 388 g/mol. The normalized spacial score (nSPS) is 10.8.